The Labute approximate surface area is 321 Å². The lowest BCUT2D eigenvalue weighted by Crippen LogP contribution is -2.42. The van der Waals surface area contributed by atoms with Crippen LogP contribution in [0.1, 0.15) is 40.9 Å². The molecule has 1 N–H and O–H groups in total. The van der Waals surface area contributed by atoms with Gasteiger partial charge in [-0.3, -0.25) is 0 Å². The summed E-state index contributed by atoms with van der Waals surface area (Å²) in [5.74, 6) is 3.41. The van der Waals surface area contributed by atoms with Crippen molar-refractivity contribution >= 4 is 29.8 Å². The van der Waals surface area contributed by atoms with Gasteiger partial charge in [-0.1, -0.05) is 163 Å². The summed E-state index contributed by atoms with van der Waals surface area (Å²) in [6.07, 6.45) is 20.4. The van der Waals surface area contributed by atoms with Gasteiger partial charge in [-0.15, -0.1) is 0 Å². The van der Waals surface area contributed by atoms with E-state index in [9.17, 15) is 0 Å². The molecule has 0 saturated carbocycles. The maximum absolute atomic E-state index is 6.39. The first-order valence-electron chi connectivity index (χ1n) is 19.1. The van der Waals surface area contributed by atoms with Crippen LogP contribution in [0.15, 0.2) is 176 Å². The Balaban J connectivity index is 0.990. The number of para-hydroxylation sites is 1. The zero-order valence-electron chi connectivity index (χ0n) is 30.1. The summed E-state index contributed by atoms with van der Waals surface area (Å²) in [6.45, 7) is 0. The van der Waals surface area contributed by atoms with E-state index in [4.69, 9.17) is 14.7 Å². The molecule has 3 unspecified atom stereocenters. The van der Waals surface area contributed by atoms with Crippen LogP contribution < -0.4 is 26.0 Å². The van der Waals surface area contributed by atoms with Crippen LogP contribution in [0.3, 0.4) is 0 Å². The summed E-state index contributed by atoms with van der Waals surface area (Å²) >= 11 is 0. The molecule has 5 aliphatic rings. The van der Waals surface area contributed by atoms with Crippen molar-refractivity contribution in [1.29, 1.82) is 0 Å². The molecule has 55 heavy (non-hydrogen) atoms. The fourth-order valence-corrected chi connectivity index (χ4v) is 8.73. The van der Waals surface area contributed by atoms with Gasteiger partial charge >= 0.3 is 0 Å². The first kappa shape index (κ1) is 31.8. The van der Waals surface area contributed by atoms with Gasteiger partial charge in [0.2, 0.25) is 0 Å². The molecule has 2 aliphatic carbocycles. The minimum absolute atomic E-state index is 0.0356. The predicted molar refractivity (Wildman–Crippen MR) is 224 cm³/mol. The summed E-state index contributed by atoms with van der Waals surface area (Å²) in [5, 5.41) is 6.10. The average Bonchev–Trinajstić information content (AvgIpc) is 3.70. The molecule has 259 valence electrons. The smallest absolute Gasteiger partial charge is 0.162 e. The van der Waals surface area contributed by atoms with E-state index < -0.39 is 0 Å². The fourth-order valence-electron chi connectivity index (χ4n) is 8.73. The molecule has 3 aliphatic heterocycles. The average molecular weight is 705 g/mol. The molecule has 6 aromatic rings. The minimum atomic E-state index is -0.0356. The maximum atomic E-state index is 6.39. The second-order valence-electron chi connectivity index (χ2n) is 14.7. The standard InChI is InChI=1S/C50H35BN3O/c1-2-4-14-33(13-3-1)50-52-43(30-44(53-50)35-16-11-15-34(29-35)36-21-12-22-38-37-17-7-9-23-42(37)51-46(36)38)31-25-27-32(28-26-31)47-39-18-5-6-19-40(39)49-48(54-47)41-20-8-10-24-45(41)55-49/h1-3,5-30,37,42,48,54H,4H2. The molecule has 5 heteroatoms. The molecule has 1 aromatic heterocycles. The summed E-state index contributed by atoms with van der Waals surface area (Å²) < 4.78 is 6.39. The van der Waals surface area contributed by atoms with Gasteiger partial charge in [-0.2, -0.15) is 0 Å². The predicted octanol–water partition coefficient (Wildman–Crippen LogP) is 8.72. The van der Waals surface area contributed by atoms with Gasteiger partial charge in [0.25, 0.3) is 0 Å². The van der Waals surface area contributed by atoms with E-state index in [1.165, 1.54) is 22.2 Å². The van der Waals surface area contributed by atoms with Crippen LogP contribution in [-0.2, 0) is 0 Å². The highest BCUT2D eigenvalue weighted by Gasteiger charge is 2.34. The van der Waals surface area contributed by atoms with E-state index in [0.29, 0.717) is 11.7 Å². The Morgan fingerprint density at radius 1 is 0.636 bits per heavy atom. The molecular formula is C50H35BN3O. The first-order valence-corrected chi connectivity index (χ1v) is 19.1. The molecule has 0 amide bonds. The van der Waals surface area contributed by atoms with Gasteiger partial charge < -0.3 is 10.1 Å². The Morgan fingerprint density at radius 3 is 2.33 bits per heavy atom. The molecule has 5 aromatic carbocycles. The summed E-state index contributed by atoms with van der Waals surface area (Å²) in [5.41, 5.74) is 13.4. The van der Waals surface area contributed by atoms with Crippen molar-refractivity contribution in [3.8, 4) is 39.4 Å². The number of aromatic nitrogens is 2. The monoisotopic (exact) mass is 704 g/mol. The van der Waals surface area contributed by atoms with Gasteiger partial charge in [-0.25, -0.2) is 9.97 Å². The largest absolute Gasteiger partial charge is 0.458 e. The van der Waals surface area contributed by atoms with Crippen LogP contribution >= 0.6 is 0 Å². The summed E-state index contributed by atoms with van der Waals surface area (Å²) in [7, 11) is 2.43. The summed E-state index contributed by atoms with van der Waals surface area (Å²) in [4.78, 5) is 10.4. The van der Waals surface area contributed by atoms with E-state index in [1.807, 2.05) is 12.1 Å². The molecule has 0 spiro atoms. The van der Waals surface area contributed by atoms with Crippen LogP contribution in [0.5, 0.6) is 5.75 Å². The second-order valence-corrected chi connectivity index (χ2v) is 14.7. The third-order valence-electron chi connectivity index (χ3n) is 11.4. The van der Waals surface area contributed by atoms with Crippen molar-refractivity contribution in [3.05, 3.63) is 209 Å². The molecular weight excluding hydrogens is 669 g/mol. The van der Waals surface area contributed by atoms with Crippen LogP contribution in [0.4, 0.5) is 0 Å². The zero-order chi connectivity index (χ0) is 36.3. The van der Waals surface area contributed by atoms with Gasteiger partial charge in [0.05, 0.1) is 17.1 Å². The number of nitrogens with one attached hydrogen (secondary N) is 1. The first-order chi connectivity index (χ1) is 27.2. The SMILES string of the molecule is [B]1c2c(-c3cccc(-c4cc(-c5ccc(C6=c7ccccc7=C7Oc8ccccc8C7N6)cc5)nc(C5=CCC=CC=C5)n4)c3)cccc2C2C=CC=CC12. The number of hydrogen-bond donors (Lipinski definition) is 1. The highest BCUT2D eigenvalue weighted by molar-refractivity contribution is 6.60. The molecule has 0 saturated heterocycles. The van der Waals surface area contributed by atoms with Gasteiger partial charge in [-0.05, 0) is 52.7 Å². The van der Waals surface area contributed by atoms with Crippen LogP contribution in [0.25, 0.3) is 50.7 Å². The van der Waals surface area contributed by atoms with Crippen molar-refractivity contribution in [2.24, 2.45) is 0 Å². The molecule has 0 fully saturated rings. The number of rotatable bonds is 5. The van der Waals surface area contributed by atoms with E-state index in [-0.39, 0.29) is 6.04 Å². The van der Waals surface area contributed by atoms with E-state index in [1.54, 1.807) is 0 Å². The van der Waals surface area contributed by atoms with Crippen molar-refractivity contribution in [1.82, 2.24) is 15.3 Å². The number of fused-ring (bicyclic) bond motifs is 7. The van der Waals surface area contributed by atoms with Crippen molar-refractivity contribution in [2.45, 2.75) is 24.2 Å². The topological polar surface area (TPSA) is 47.0 Å². The number of nitrogens with zero attached hydrogens (tertiary/aromatic N) is 2. The van der Waals surface area contributed by atoms with Crippen molar-refractivity contribution in [2.75, 3.05) is 0 Å². The normalized spacial score (nSPS) is 19.6. The number of benzene rings is 5. The number of allylic oxidation sites excluding steroid dienone is 10. The summed E-state index contributed by atoms with van der Waals surface area (Å²) in [6, 6.07) is 43.2. The highest BCUT2D eigenvalue weighted by atomic mass is 16.5. The lowest BCUT2D eigenvalue weighted by atomic mass is 9.60. The molecule has 0 bridgehead atoms. The quantitative estimate of drug-likeness (QED) is 0.183. The van der Waals surface area contributed by atoms with Crippen LogP contribution in [0, 0.1) is 0 Å². The second kappa shape index (κ2) is 13.0. The van der Waals surface area contributed by atoms with Gasteiger partial charge in [0.15, 0.2) is 13.1 Å². The van der Waals surface area contributed by atoms with Crippen molar-refractivity contribution < 1.29 is 4.74 Å². The fraction of sp³-hybridized carbons (Fsp3) is 0.0800. The van der Waals surface area contributed by atoms with Crippen LogP contribution in [-0.4, -0.2) is 17.2 Å². The lowest BCUT2D eigenvalue weighted by molar-refractivity contribution is 0.501. The third-order valence-corrected chi connectivity index (χ3v) is 11.4. The Kier molecular flexibility index (Phi) is 7.51. The van der Waals surface area contributed by atoms with Gasteiger partial charge in [0, 0.05) is 38.6 Å². The molecule has 1 radical (unpaired) electrons. The number of hydrogen-bond acceptors (Lipinski definition) is 4. The van der Waals surface area contributed by atoms with Crippen LogP contribution in [0.2, 0.25) is 5.82 Å². The maximum Gasteiger partial charge on any atom is 0.162 e. The number of ether oxygens (including phenoxy) is 1. The molecule has 4 nitrogen and oxygen atoms in total. The van der Waals surface area contributed by atoms with E-state index in [2.05, 4.69) is 176 Å². The lowest BCUT2D eigenvalue weighted by Gasteiger charge is -2.23. The van der Waals surface area contributed by atoms with Gasteiger partial charge in [0.1, 0.15) is 17.6 Å². The Bertz CT molecular complexity index is 2840. The third kappa shape index (κ3) is 5.46. The minimum Gasteiger partial charge on any atom is -0.458 e. The Morgan fingerprint density at radius 2 is 1.40 bits per heavy atom. The van der Waals surface area contributed by atoms with Crippen molar-refractivity contribution in [3.63, 3.8) is 0 Å². The Hall–Kier alpha value is -6.72. The molecule has 4 heterocycles. The molecule has 3 atom stereocenters. The zero-order valence-corrected chi connectivity index (χ0v) is 30.1. The highest BCUT2D eigenvalue weighted by Crippen LogP contribution is 2.42. The van der Waals surface area contributed by atoms with E-state index in [0.717, 1.165) is 79.1 Å². The van der Waals surface area contributed by atoms with E-state index >= 15 is 0 Å². The molecule has 11 rings (SSSR count).